The first-order valence-corrected chi connectivity index (χ1v) is 18.1. The Balaban J connectivity index is 1.90. The third-order valence-corrected chi connectivity index (χ3v) is 8.67. The van der Waals surface area contributed by atoms with E-state index in [1.165, 1.54) is 12.1 Å². The summed E-state index contributed by atoms with van der Waals surface area (Å²) in [7, 11) is -4.26. The number of hydrogen-bond acceptors (Lipinski definition) is 7. The number of carbonyl (C=O) groups excluding carboxylic acids is 3. The minimum absolute atomic E-state index is 0.0161. The molecule has 48 heavy (non-hydrogen) atoms. The molecule has 3 aromatic carbocycles. The molecular weight excluding hydrogens is 630 g/mol. The number of nitrogens with two attached hydrogens (primary N) is 1. The number of primary sulfonamides is 1. The van der Waals surface area contributed by atoms with Crippen molar-refractivity contribution in [3.63, 3.8) is 0 Å². The van der Waals surface area contributed by atoms with Gasteiger partial charge in [-0.1, -0.05) is 87.9 Å². The number of hydrogen-bond donors (Lipinski definition) is 4. The van der Waals surface area contributed by atoms with Gasteiger partial charge in [0.25, 0.3) is 11.8 Å². The van der Waals surface area contributed by atoms with Crippen LogP contribution in [0.2, 0.25) is 0 Å². The molecule has 260 valence electrons. The summed E-state index contributed by atoms with van der Waals surface area (Å²) in [5, 5.41) is 21.6. The van der Waals surface area contributed by atoms with Crippen LogP contribution in [0.4, 0.5) is 0 Å². The summed E-state index contributed by atoms with van der Waals surface area (Å²) in [5.41, 5.74) is 4.56. The third-order valence-electron chi connectivity index (χ3n) is 7.78. The lowest BCUT2D eigenvalue weighted by Gasteiger charge is -2.30. The van der Waals surface area contributed by atoms with Crippen molar-refractivity contribution in [2.24, 2.45) is 5.14 Å². The molecule has 0 fully saturated rings. The number of benzene rings is 3. The van der Waals surface area contributed by atoms with Crippen molar-refractivity contribution >= 4 is 27.7 Å². The molecule has 5 N–H and O–H groups in total. The molecule has 0 radical (unpaired) electrons. The van der Waals surface area contributed by atoms with Gasteiger partial charge in [-0.3, -0.25) is 19.8 Å². The number of aliphatic hydroxyl groups excluding tert-OH is 1. The fourth-order valence-corrected chi connectivity index (χ4v) is 5.93. The number of aliphatic hydroxyl groups is 1. The molecule has 0 saturated heterocycles. The minimum atomic E-state index is -4.26. The zero-order chi connectivity index (χ0) is 35.1. The van der Waals surface area contributed by atoms with Crippen LogP contribution in [0.5, 0.6) is 0 Å². The Kier molecular flexibility index (Phi) is 15.2. The highest BCUT2D eigenvalue weighted by atomic mass is 32.2. The first-order valence-electron chi connectivity index (χ1n) is 16.5. The SMILES string of the molecule is CCCCN(CC(O)C(Cc1ccccc1)NC(=O)c1cc(C(=O)N(CCC)CCC)cc(S(N)(=O)=O)c1)NC(=O)Cc1ccccc1. The molecule has 2 unspecified atom stereocenters. The molecule has 0 bridgehead atoms. The first-order chi connectivity index (χ1) is 22.9. The van der Waals surface area contributed by atoms with Gasteiger partial charge in [-0.25, -0.2) is 18.6 Å². The summed E-state index contributed by atoms with van der Waals surface area (Å²) in [6.45, 7) is 7.33. The highest BCUT2D eigenvalue weighted by molar-refractivity contribution is 7.89. The quantitative estimate of drug-likeness (QED) is 0.141. The fraction of sp³-hybridized carbons (Fsp3) is 0.417. The van der Waals surface area contributed by atoms with Crippen LogP contribution in [0, 0.1) is 0 Å². The van der Waals surface area contributed by atoms with Gasteiger partial charge >= 0.3 is 0 Å². The molecule has 3 rings (SSSR count). The molecule has 0 saturated carbocycles. The van der Waals surface area contributed by atoms with Crippen molar-refractivity contribution in [1.82, 2.24) is 20.7 Å². The minimum Gasteiger partial charge on any atom is -0.390 e. The lowest BCUT2D eigenvalue weighted by molar-refractivity contribution is -0.126. The molecule has 3 amide bonds. The van der Waals surface area contributed by atoms with E-state index in [1.807, 2.05) is 81.4 Å². The monoisotopic (exact) mass is 679 g/mol. The summed E-state index contributed by atoms with van der Waals surface area (Å²) in [5.74, 6) is -1.32. The Labute approximate surface area is 284 Å². The summed E-state index contributed by atoms with van der Waals surface area (Å²) < 4.78 is 24.9. The van der Waals surface area contributed by atoms with Crippen LogP contribution in [0.3, 0.4) is 0 Å². The molecule has 0 aliphatic rings. The van der Waals surface area contributed by atoms with Crippen molar-refractivity contribution in [2.45, 2.75) is 76.3 Å². The van der Waals surface area contributed by atoms with Gasteiger partial charge in [-0.15, -0.1) is 0 Å². The summed E-state index contributed by atoms with van der Waals surface area (Å²) in [4.78, 5) is 41.4. The average molecular weight is 680 g/mol. The summed E-state index contributed by atoms with van der Waals surface area (Å²) >= 11 is 0. The molecule has 3 aromatic rings. The predicted molar refractivity (Wildman–Crippen MR) is 186 cm³/mol. The van der Waals surface area contributed by atoms with E-state index >= 15 is 0 Å². The molecule has 11 nitrogen and oxygen atoms in total. The van der Waals surface area contributed by atoms with Crippen LogP contribution in [-0.2, 0) is 27.7 Å². The van der Waals surface area contributed by atoms with Gasteiger partial charge in [0.15, 0.2) is 0 Å². The standard InChI is InChI=1S/C36H49N5O6S/c1-4-7-20-41(39-34(43)22-28-16-12-9-13-17-28)26-33(42)32(21-27-14-10-8-11-15-27)38-35(44)29-23-30(25-31(24-29)48(37,46)47)36(45)40(18-5-2)19-6-3/h8-17,23-25,32-33,42H,4-7,18-22,26H2,1-3H3,(H,38,44)(H,39,43)(H2,37,46,47). The molecular formula is C36H49N5O6S. The van der Waals surface area contributed by atoms with E-state index in [9.17, 15) is 27.9 Å². The maximum Gasteiger partial charge on any atom is 0.253 e. The van der Waals surface area contributed by atoms with Gasteiger partial charge in [0, 0.05) is 37.3 Å². The van der Waals surface area contributed by atoms with E-state index < -0.39 is 34.0 Å². The number of unbranched alkanes of at least 4 members (excludes halogenated alkanes) is 1. The van der Waals surface area contributed by atoms with Crippen molar-refractivity contribution in [3.05, 3.63) is 101 Å². The lowest BCUT2D eigenvalue weighted by Crippen LogP contribution is -2.53. The second-order valence-electron chi connectivity index (χ2n) is 11.9. The fourth-order valence-electron chi connectivity index (χ4n) is 5.35. The number of amides is 3. The zero-order valence-electron chi connectivity index (χ0n) is 28.1. The molecule has 2 atom stereocenters. The van der Waals surface area contributed by atoms with E-state index in [2.05, 4.69) is 10.7 Å². The first kappa shape index (κ1) is 38.3. The second kappa shape index (κ2) is 19.0. The van der Waals surface area contributed by atoms with Gasteiger partial charge in [-0.05, 0) is 55.0 Å². The van der Waals surface area contributed by atoms with Crippen molar-refractivity contribution in [2.75, 3.05) is 26.2 Å². The molecule has 12 heteroatoms. The van der Waals surface area contributed by atoms with Crippen molar-refractivity contribution in [3.8, 4) is 0 Å². The van der Waals surface area contributed by atoms with E-state index in [0.717, 1.165) is 30.0 Å². The number of sulfonamides is 1. The highest BCUT2D eigenvalue weighted by Gasteiger charge is 2.27. The summed E-state index contributed by atoms with van der Waals surface area (Å²) in [6.07, 6.45) is 2.30. The Bertz CT molecular complexity index is 1580. The maximum absolute atomic E-state index is 13.8. The smallest absolute Gasteiger partial charge is 0.253 e. The number of carbonyl (C=O) groups is 3. The third kappa shape index (κ3) is 12.2. The van der Waals surface area contributed by atoms with Gasteiger partial charge < -0.3 is 15.3 Å². The molecule has 0 aliphatic heterocycles. The number of nitrogens with zero attached hydrogens (tertiary/aromatic N) is 2. The van der Waals surface area contributed by atoms with Crippen LogP contribution in [0.15, 0.2) is 83.8 Å². The molecule has 0 aliphatic carbocycles. The van der Waals surface area contributed by atoms with Crippen LogP contribution in [0.1, 0.15) is 78.3 Å². The van der Waals surface area contributed by atoms with Crippen LogP contribution in [0.25, 0.3) is 0 Å². The maximum atomic E-state index is 13.8. The van der Waals surface area contributed by atoms with Crippen molar-refractivity contribution < 1.29 is 27.9 Å². The average Bonchev–Trinajstić information content (AvgIpc) is 3.06. The zero-order valence-corrected chi connectivity index (χ0v) is 28.9. The Morgan fingerprint density at radius 3 is 1.96 bits per heavy atom. The predicted octanol–water partition coefficient (Wildman–Crippen LogP) is 3.67. The second-order valence-corrected chi connectivity index (χ2v) is 13.5. The molecule has 0 aromatic heterocycles. The van der Waals surface area contributed by atoms with E-state index in [-0.39, 0.29) is 41.3 Å². The Hall–Kier alpha value is -4.10. The normalized spacial score (nSPS) is 12.7. The molecule has 0 spiro atoms. The van der Waals surface area contributed by atoms with Crippen molar-refractivity contribution in [1.29, 1.82) is 0 Å². The van der Waals surface area contributed by atoms with Gasteiger partial charge in [0.05, 0.1) is 23.5 Å². The number of nitrogens with one attached hydrogen (secondary N) is 2. The van der Waals surface area contributed by atoms with E-state index in [0.29, 0.717) is 32.5 Å². The van der Waals surface area contributed by atoms with E-state index in [4.69, 9.17) is 5.14 Å². The van der Waals surface area contributed by atoms with Crippen LogP contribution >= 0.6 is 0 Å². The largest absolute Gasteiger partial charge is 0.390 e. The topological polar surface area (TPSA) is 162 Å². The number of hydrazine groups is 1. The van der Waals surface area contributed by atoms with Crippen LogP contribution in [-0.4, -0.2) is 79.5 Å². The van der Waals surface area contributed by atoms with Gasteiger partial charge in [0.1, 0.15) is 0 Å². The van der Waals surface area contributed by atoms with Gasteiger partial charge in [-0.2, -0.15) is 0 Å². The van der Waals surface area contributed by atoms with Crippen LogP contribution < -0.4 is 15.9 Å². The Morgan fingerprint density at radius 1 is 0.812 bits per heavy atom. The van der Waals surface area contributed by atoms with Gasteiger partial charge in [0.2, 0.25) is 15.9 Å². The number of rotatable bonds is 19. The Morgan fingerprint density at radius 2 is 1.40 bits per heavy atom. The lowest BCUT2D eigenvalue weighted by atomic mass is 10.00. The summed E-state index contributed by atoms with van der Waals surface area (Å²) in [6, 6.07) is 21.5. The van der Waals surface area contributed by atoms with E-state index in [1.54, 1.807) is 9.91 Å². The highest BCUT2D eigenvalue weighted by Crippen LogP contribution is 2.18. The molecule has 0 heterocycles.